The van der Waals surface area contributed by atoms with E-state index in [1.807, 2.05) is 0 Å². The normalized spacial score (nSPS) is 14.0. The molecule has 6 heteroatoms. The summed E-state index contributed by atoms with van der Waals surface area (Å²) in [4.78, 5) is 0. The smallest absolute Gasteiger partial charge is 0.191 e. The quantitative estimate of drug-likeness (QED) is 0.539. The molecule has 0 aliphatic heterocycles. The minimum Gasteiger partial charge on any atom is -0.191 e. The summed E-state index contributed by atoms with van der Waals surface area (Å²) in [7, 11) is 0. The Morgan fingerprint density at radius 3 is 1.94 bits per heavy atom. The number of hydrogen-bond donors (Lipinski definition) is 0. The maximum absolute atomic E-state index is 12.7. The highest BCUT2D eigenvalue weighted by molar-refractivity contribution is 14.1. The first-order valence-electron chi connectivity index (χ1n) is 4.12. The topological polar surface area (TPSA) is 0 Å². The van der Waals surface area contributed by atoms with Gasteiger partial charge in [0.2, 0.25) is 0 Å². The van der Waals surface area contributed by atoms with Gasteiger partial charge in [0.25, 0.3) is 0 Å². The molecule has 0 bridgehead atoms. The molecule has 0 aromatic heterocycles. The molecule has 0 saturated carbocycles. The average Bonchev–Trinajstić information content (AvgIpc) is 2.16. The van der Waals surface area contributed by atoms with Crippen LogP contribution in [-0.4, -0.2) is 12.1 Å². The van der Waals surface area contributed by atoms with Crippen molar-refractivity contribution in [3.05, 3.63) is 42.0 Å². The van der Waals surface area contributed by atoms with Gasteiger partial charge in [-0.1, -0.05) is 30.3 Å². The summed E-state index contributed by atoms with van der Waals surface area (Å²) >= 11 is 1.45. The first-order chi connectivity index (χ1) is 7.24. The summed E-state index contributed by atoms with van der Waals surface area (Å²) in [5.41, 5.74) is 0.326. The molecule has 1 rings (SSSR count). The number of allylic oxidation sites excluding steroid dienone is 1. The van der Waals surface area contributed by atoms with Crippen LogP contribution < -0.4 is 0 Å². The van der Waals surface area contributed by atoms with Crippen molar-refractivity contribution in [3.8, 4) is 0 Å². The Kier molecular flexibility index (Phi) is 3.92. The summed E-state index contributed by atoms with van der Waals surface area (Å²) in [6.45, 7) is 0. The lowest BCUT2D eigenvalue weighted by molar-refractivity contribution is -0.258. The van der Waals surface area contributed by atoms with Gasteiger partial charge in [-0.05, 0) is 28.2 Å². The molecule has 0 unspecified atom stereocenters. The number of benzene rings is 1. The standard InChI is InChI=1S/C10H6F5I/c11-9(12,10(13,14)15)6-8(16)7-4-2-1-3-5-7/h1-6H. The SMILES string of the molecule is FC(F)(F)C(F)(F)C=C(I)c1ccccc1. The maximum atomic E-state index is 12.7. The second-order valence-electron chi connectivity index (χ2n) is 2.98. The molecule has 0 N–H and O–H groups in total. The summed E-state index contributed by atoms with van der Waals surface area (Å²) in [6, 6.07) is 7.70. The molecule has 0 radical (unpaired) electrons. The molecule has 0 amide bonds. The number of hydrogen-bond acceptors (Lipinski definition) is 0. The van der Waals surface area contributed by atoms with Crippen molar-refractivity contribution in [3.63, 3.8) is 0 Å². The van der Waals surface area contributed by atoms with Crippen molar-refractivity contribution >= 4 is 26.2 Å². The van der Waals surface area contributed by atoms with Crippen molar-refractivity contribution in [1.29, 1.82) is 0 Å². The summed E-state index contributed by atoms with van der Waals surface area (Å²) in [5.74, 6) is -4.81. The molecule has 16 heavy (non-hydrogen) atoms. The van der Waals surface area contributed by atoms with E-state index in [-0.39, 0.29) is 9.66 Å². The van der Waals surface area contributed by atoms with Crippen LogP contribution in [0.25, 0.3) is 3.58 Å². The van der Waals surface area contributed by atoms with Crippen LogP contribution in [0.3, 0.4) is 0 Å². The Bertz CT molecular complexity index is 380. The van der Waals surface area contributed by atoms with Crippen LogP contribution in [0.1, 0.15) is 5.56 Å². The monoisotopic (exact) mass is 348 g/mol. The lowest BCUT2D eigenvalue weighted by atomic mass is 10.2. The molecule has 88 valence electrons. The number of rotatable bonds is 2. The van der Waals surface area contributed by atoms with Gasteiger partial charge >= 0.3 is 12.1 Å². The zero-order valence-corrected chi connectivity index (χ0v) is 9.89. The summed E-state index contributed by atoms with van der Waals surface area (Å²) in [6.07, 6.45) is -5.64. The minimum absolute atomic E-state index is 0.0805. The Labute approximate surface area is 102 Å². The van der Waals surface area contributed by atoms with Crippen LogP contribution in [0.5, 0.6) is 0 Å². The summed E-state index contributed by atoms with van der Waals surface area (Å²) < 4.78 is 60.9. The lowest BCUT2D eigenvalue weighted by Gasteiger charge is -2.16. The molecular weight excluding hydrogens is 342 g/mol. The van der Waals surface area contributed by atoms with Crippen molar-refractivity contribution in [2.45, 2.75) is 12.1 Å². The van der Waals surface area contributed by atoms with E-state index < -0.39 is 12.1 Å². The van der Waals surface area contributed by atoms with E-state index in [4.69, 9.17) is 0 Å². The summed E-state index contributed by atoms with van der Waals surface area (Å²) in [5, 5.41) is 0. The first kappa shape index (κ1) is 13.4. The zero-order valence-electron chi connectivity index (χ0n) is 7.73. The largest absolute Gasteiger partial charge is 0.457 e. The van der Waals surface area contributed by atoms with Crippen LogP contribution in [0, 0.1) is 0 Å². The molecule has 1 aromatic carbocycles. The van der Waals surface area contributed by atoms with Gasteiger partial charge in [0.1, 0.15) is 0 Å². The molecule has 0 saturated heterocycles. The van der Waals surface area contributed by atoms with Crippen molar-refractivity contribution in [2.24, 2.45) is 0 Å². The molecule has 0 spiro atoms. The predicted molar refractivity (Wildman–Crippen MR) is 59.4 cm³/mol. The maximum Gasteiger partial charge on any atom is 0.457 e. The van der Waals surface area contributed by atoms with Gasteiger partial charge in [0.15, 0.2) is 0 Å². The highest BCUT2D eigenvalue weighted by Gasteiger charge is 2.55. The van der Waals surface area contributed by atoms with Crippen molar-refractivity contribution in [1.82, 2.24) is 0 Å². The molecule has 0 nitrogen and oxygen atoms in total. The molecular formula is C10H6F5I. The zero-order chi connectivity index (χ0) is 12.4. The highest BCUT2D eigenvalue weighted by atomic mass is 127. The van der Waals surface area contributed by atoms with Crippen LogP contribution in [0.15, 0.2) is 36.4 Å². The van der Waals surface area contributed by atoms with E-state index in [9.17, 15) is 22.0 Å². The van der Waals surface area contributed by atoms with Crippen LogP contribution in [-0.2, 0) is 0 Å². The van der Waals surface area contributed by atoms with E-state index in [0.29, 0.717) is 5.56 Å². The van der Waals surface area contributed by atoms with Crippen LogP contribution in [0.4, 0.5) is 22.0 Å². The molecule has 1 aromatic rings. The van der Waals surface area contributed by atoms with E-state index in [0.717, 1.165) is 0 Å². The Hall–Kier alpha value is -0.660. The molecule has 0 heterocycles. The Morgan fingerprint density at radius 1 is 1.00 bits per heavy atom. The Morgan fingerprint density at radius 2 is 1.50 bits per heavy atom. The molecule has 0 fully saturated rings. The fraction of sp³-hybridized carbons (Fsp3) is 0.200. The van der Waals surface area contributed by atoms with Gasteiger partial charge in [0.05, 0.1) is 0 Å². The predicted octanol–water partition coefficient (Wildman–Crippen LogP) is 4.66. The molecule has 0 atom stereocenters. The number of alkyl halides is 5. The number of halogens is 6. The second-order valence-corrected chi connectivity index (χ2v) is 4.14. The van der Waals surface area contributed by atoms with E-state index in [2.05, 4.69) is 0 Å². The minimum atomic E-state index is -5.56. The van der Waals surface area contributed by atoms with E-state index in [1.54, 1.807) is 18.2 Å². The highest BCUT2D eigenvalue weighted by Crippen LogP contribution is 2.39. The van der Waals surface area contributed by atoms with Gasteiger partial charge < -0.3 is 0 Å². The second kappa shape index (κ2) is 4.68. The fourth-order valence-corrected chi connectivity index (χ4v) is 1.67. The van der Waals surface area contributed by atoms with Gasteiger partial charge in [-0.25, -0.2) is 0 Å². The fourth-order valence-electron chi connectivity index (χ4n) is 0.922. The Balaban J connectivity index is 3.03. The lowest BCUT2D eigenvalue weighted by Crippen LogP contribution is -2.34. The van der Waals surface area contributed by atoms with Crippen molar-refractivity contribution in [2.75, 3.05) is 0 Å². The van der Waals surface area contributed by atoms with Crippen LogP contribution in [0.2, 0.25) is 0 Å². The van der Waals surface area contributed by atoms with E-state index >= 15 is 0 Å². The van der Waals surface area contributed by atoms with Gasteiger partial charge in [-0.15, -0.1) is 0 Å². The third-order valence-electron chi connectivity index (χ3n) is 1.74. The molecule has 0 aliphatic carbocycles. The van der Waals surface area contributed by atoms with Gasteiger partial charge in [0, 0.05) is 9.66 Å². The third-order valence-corrected chi connectivity index (χ3v) is 2.67. The van der Waals surface area contributed by atoms with Crippen LogP contribution >= 0.6 is 22.6 Å². The van der Waals surface area contributed by atoms with Gasteiger partial charge in [-0.2, -0.15) is 22.0 Å². The average molecular weight is 348 g/mol. The van der Waals surface area contributed by atoms with Crippen molar-refractivity contribution < 1.29 is 22.0 Å². The van der Waals surface area contributed by atoms with Gasteiger partial charge in [-0.3, -0.25) is 0 Å². The van der Waals surface area contributed by atoms with E-state index in [1.165, 1.54) is 34.7 Å². The third kappa shape index (κ3) is 3.16. The first-order valence-corrected chi connectivity index (χ1v) is 5.20. The molecule has 0 aliphatic rings.